The van der Waals surface area contributed by atoms with E-state index in [1.54, 1.807) is 6.33 Å². The maximum Gasteiger partial charge on any atom is 0.253 e. The largest absolute Gasteiger partial charge is 0.352 e. The van der Waals surface area contributed by atoms with Crippen LogP contribution in [0.3, 0.4) is 0 Å². The average Bonchev–Trinajstić information content (AvgIpc) is 3.20. The average molecular weight is 367 g/mol. The SMILES string of the molecule is O=C(NCc1ccc(C(=O)N2CCCCC2)cc1)C1CCc2ncnn2C1. The fourth-order valence-corrected chi connectivity index (χ4v) is 3.83. The first-order chi connectivity index (χ1) is 13.2. The van der Waals surface area contributed by atoms with E-state index in [2.05, 4.69) is 15.4 Å². The van der Waals surface area contributed by atoms with Crippen LogP contribution in [-0.2, 0) is 24.3 Å². The van der Waals surface area contributed by atoms with Crippen molar-refractivity contribution in [2.45, 2.75) is 45.2 Å². The van der Waals surface area contributed by atoms with Crippen molar-refractivity contribution in [3.8, 4) is 0 Å². The molecule has 7 nitrogen and oxygen atoms in total. The van der Waals surface area contributed by atoms with E-state index in [9.17, 15) is 9.59 Å². The minimum absolute atomic E-state index is 0.0459. The van der Waals surface area contributed by atoms with Gasteiger partial charge in [0, 0.05) is 31.6 Å². The highest BCUT2D eigenvalue weighted by Gasteiger charge is 2.25. The number of benzene rings is 1. The molecule has 0 radical (unpaired) electrons. The zero-order chi connectivity index (χ0) is 18.6. The summed E-state index contributed by atoms with van der Waals surface area (Å²) in [5, 5.41) is 7.17. The molecule has 4 rings (SSSR count). The second-order valence-corrected chi connectivity index (χ2v) is 7.36. The number of aromatic nitrogens is 3. The van der Waals surface area contributed by atoms with Crippen molar-refractivity contribution < 1.29 is 9.59 Å². The van der Waals surface area contributed by atoms with Gasteiger partial charge in [-0.2, -0.15) is 5.10 Å². The summed E-state index contributed by atoms with van der Waals surface area (Å²) in [5.74, 6) is 1.04. The van der Waals surface area contributed by atoms with Crippen LogP contribution < -0.4 is 5.32 Å². The smallest absolute Gasteiger partial charge is 0.253 e. The van der Waals surface area contributed by atoms with Gasteiger partial charge in [0.15, 0.2) is 0 Å². The van der Waals surface area contributed by atoms with Gasteiger partial charge in [0.2, 0.25) is 5.91 Å². The van der Waals surface area contributed by atoms with Gasteiger partial charge in [-0.15, -0.1) is 0 Å². The van der Waals surface area contributed by atoms with E-state index in [1.807, 2.05) is 33.8 Å². The van der Waals surface area contributed by atoms with Gasteiger partial charge in [-0.3, -0.25) is 9.59 Å². The summed E-state index contributed by atoms with van der Waals surface area (Å²) in [5.41, 5.74) is 1.72. The van der Waals surface area contributed by atoms with Crippen LogP contribution in [-0.4, -0.2) is 44.6 Å². The monoisotopic (exact) mass is 367 g/mol. The molecule has 1 fully saturated rings. The van der Waals surface area contributed by atoms with Crippen molar-refractivity contribution in [2.75, 3.05) is 13.1 Å². The summed E-state index contributed by atoms with van der Waals surface area (Å²) < 4.78 is 1.81. The van der Waals surface area contributed by atoms with Crippen molar-refractivity contribution in [3.05, 3.63) is 47.5 Å². The molecule has 142 valence electrons. The van der Waals surface area contributed by atoms with Crippen LogP contribution in [0.25, 0.3) is 0 Å². The molecule has 1 saturated heterocycles. The second-order valence-electron chi connectivity index (χ2n) is 7.36. The van der Waals surface area contributed by atoms with Crippen LogP contribution in [0.1, 0.15) is 47.4 Å². The number of hydrogen-bond acceptors (Lipinski definition) is 4. The summed E-state index contributed by atoms with van der Waals surface area (Å²) in [6, 6.07) is 7.57. The molecule has 1 atom stereocenters. The maximum absolute atomic E-state index is 12.5. The van der Waals surface area contributed by atoms with Gasteiger partial charge in [-0.25, -0.2) is 9.67 Å². The van der Waals surface area contributed by atoms with Crippen LogP contribution in [0.5, 0.6) is 0 Å². The Morgan fingerprint density at radius 2 is 1.89 bits per heavy atom. The number of piperidine rings is 1. The lowest BCUT2D eigenvalue weighted by Crippen LogP contribution is -2.36. The molecule has 1 aromatic heterocycles. The maximum atomic E-state index is 12.5. The van der Waals surface area contributed by atoms with Gasteiger partial charge < -0.3 is 10.2 Å². The molecule has 1 unspecified atom stereocenters. The molecular formula is C20H25N5O2. The lowest BCUT2D eigenvalue weighted by atomic mass is 9.98. The molecule has 0 saturated carbocycles. The number of likely N-dealkylation sites (tertiary alicyclic amines) is 1. The molecule has 2 aliphatic heterocycles. The van der Waals surface area contributed by atoms with E-state index < -0.39 is 0 Å². The minimum Gasteiger partial charge on any atom is -0.352 e. The predicted octanol–water partition coefficient (Wildman–Crippen LogP) is 1.78. The highest BCUT2D eigenvalue weighted by Crippen LogP contribution is 2.18. The van der Waals surface area contributed by atoms with Crippen LogP contribution in [0.2, 0.25) is 0 Å². The molecule has 2 aliphatic rings. The van der Waals surface area contributed by atoms with Crippen LogP contribution in [0.15, 0.2) is 30.6 Å². The van der Waals surface area contributed by atoms with Gasteiger partial charge in [-0.1, -0.05) is 12.1 Å². The number of carbonyl (C=O) groups excluding carboxylic acids is 2. The minimum atomic E-state index is -0.0702. The zero-order valence-corrected chi connectivity index (χ0v) is 15.4. The number of amides is 2. The van der Waals surface area contributed by atoms with Crippen molar-refractivity contribution in [3.63, 3.8) is 0 Å². The Kier molecular flexibility index (Phi) is 5.18. The van der Waals surface area contributed by atoms with Crippen molar-refractivity contribution in [1.29, 1.82) is 0 Å². The fraction of sp³-hybridized carbons (Fsp3) is 0.500. The summed E-state index contributed by atoms with van der Waals surface area (Å²) in [6.45, 7) is 2.76. The van der Waals surface area contributed by atoms with Gasteiger partial charge in [0.1, 0.15) is 12.2 Å². The molecule has 3 heterocycles. The highest BCUT2D eigenvalue weighted by atomic mass is 16.2. The van der Waals surface area contributed by atoms with Gasteiger partial charge in [0.25, 0.3) is 5.91 Å². The first kappa shape index (κ1) is 17.7. The summed E-state index contributed by atoms with van der Waals surface area (Å²) in [7, 11) is 0. The normalized spacial score (nSPS) is 19.4. The van der Waals surface area contributed by atoms with Gasteiger partial charge in [-0.05, 0) is 43.4 Å². The molecule has 7 heteroatoms. The molecule has 1 aromatic carbocycles. The van der Waals surface area contributed by atoms with Gasteiger partial charge in [0.05, 0.1) is 12.5 Å². The number of hydrogen-bond donors (Lipinski definition) is 1. The number of rotatable bonds is 4. The third kappa shape index (κ3) is 4.02. The van der Waals surface area contributed by atoms with E-state index in [0.29, 0.717) is 13.1 Å². The second kappa shape index (κ2) is 7.90. The van der Waals surface area contributed by atoms with E-state index in [0.717, 1.165) is 55.7 Å². The fourth-order valence-electron chi connectivity index (χ4n) is 3.83. The molecule has 27 heavy (non-hydrogen) atoms. The highest BCUT2D eigenvalue weighted by molar-refractivity contribution is 5.94. The van der Waals surface area contributed by atoms with Gasteiger partial charge >= 0.3 is 0 Å². The van der Waals surface area contributed by atoms with Crippen molar-refractivity contribution >= 4 is 11.8 Å². The van der Waals surface area contributed by atoms with E-state index in [-0.39, 0.29) is 17.7 Å². The van der Waals surface area contributed by atoms with E-state index in [1.165, 1.54) is 6.42 Å². The topological polar surface area (TPSA) is 80.1 Å². The van der Waals surface area contributed by atoms with Crippen LogP contribution in [0, 0.1) is 5.92 Å². The molecule has 1 N–H and O–H groups in total. The van der Waals surface area contributed by atoms with Crippen LogP contribution >= 0.6 is 0 Å². The number of carbonyl (C=O) groups is 2. The van der Waals surface area contributed by atoms with E-state index >= 15 is 0 Å². The van der Waals surface area contributed by atoms with Crippen LogP contribution in [0.4, 0.5) is 0 Å². The third-order valence-corrected chi connectivity index (χ3v) is 5.49. The Morgan fingerprint density at radius 3 is 2.67 bits per heavy atom. The Labute approximate surface area is 158 Å². The number of nitrogens with one attached hydrogen (secondary N) is 1. The lowest BCUT2D eigenvalue weighted by molar-refractivity contribution is -0.126. The van der Waals surface area contributed by atoms with Crippen molar-refractivity contribution in [2.24, 2.45) is 5.92 Å². The standard InChI is InChI=1S/C20H25N5O2/c26-19(17-8-9-18-22-14-23-25(18)13-17)21-12-15-4-6-16(7-5-15)20(27)24-10-2-1-3-11-24/h4-7,14,17H,1-3,8-13H2,(H,21,26). The number of fused-ring (bicyclic) bond motifs is 1. The molecule has 0 aliphatic carbocycles. The lowest BCUT2D eigenvalue weighted by Gasteiger charge is -2.26. The first-order valence-electron chi connectivity index (χ1n) is 9.73. The Balaban J connectivity index is 1.30. The summed E-state index contributed by atoms with van der Waals surface area (Å²) in [6.07, 6.45) is 6.52. The molecule has 2 aromatic rings. The number of nitrogens with zero attached hydrogens (tertiary/aromatic N) is 4. The summed E-state index contributed by atoms with van der Waals surface area (Å²) in [4.78, 5) is 31.1. The molecule has 2 amide bonds. The zero-order valence-electron chi connectivity index (χ0n) is 15.4. The number of aryl methyl sites for hydroxylation is 1. The predicted molar refractivity (Wildman–Crippen MR) is 99.9 cm³/mol. The van der Waals surface area contributed by atoms with E-state index in [4.69, 9.17) is 0 Å². The quantitative estimate of drug-likeness (QED) is 0.893. The molecular weight excluding hydrogens is 342 g/mol. The molecule has 0 spiro atoms. The third-order valence-electron chi connectivity index (χ3n) is 5.49. The van der Waals surface area contributed by atoms with Crippen molar-refractivity contribution in [1.82, 2.24) is 25.0 Å². The summed E-state index contributed by atoms with van der Waals surface area (Å²) >= 11 is 0. The molecule has 0 bridgehead atoms. The Bertz CT molecular complexity index is 808. The first-order valence-corrected chi connectivity index (χ1v) is 9.73. The Hall–Kier alpha value is -2.70. The Morgan fingerprint density at radius 1 is 1.11 bits per heavy atom.